The number of carbonyl (C=O) groups is 2. The Morgan fingerprint density at radius 3 is 2.72 bits per heavy atom. The van der Waals surface area contributed by atoms with Gasteiger partial charge in [-0.15, -0.1) is 0 Å². The van der Waals surface area contributed by atoms with Crippen LogP contribution in [0.4, 0.5) is 5.69 Å². The van der Waals surface area contributed by atoms with Crippen LogP contribution in [0.1, 0.15) is 44.0 Å². The van der Waals surface area contributed by atoms with Crippen LogP contribution in [-0.2, 0) is 13.0 Å². The molecule has 0 saturated carbocycles. The summed E-state index contributed by atoms with van der Waals surface area (Å²) in [6.07, 6.45) is 3.42. The molecule has 1 aliphatic heterocycles. The molecule has 4 rings (SSSR count). The summed E-state index contributed by atoms with van der Waals surface area (Å²) >= 11 is 0. The number of amides is 2. The maximum absolute atomic E-state index is 13.1. The number of anilines is 1. The molecule has 0 radical (unpaired) electrons. The van der Waals surface area contributed by atoms with Crippen LogP contribution in [0.25, 0.3) is 0 Å². The van der Waals surface area contributed by atoms with E-state index in [1.807, 2.05) is 49.4 Å². The van der Waals surface area contributed by atoms with Crippen LogP contribution < -0.4 is 10.2 Å². The van der Waals surface area contributed by atoms with Gasteiger partial charge in [-0.3, -0.25) is 14.6 Å². The molecule has 2 heterocycles. The number of benzene rings is 2. The van der Waals surface area contributed by atoms with Crippen molar-refractivity contribution < 1.29 is 9.59 Å². The van der Waals surface area contributed by atoms with E-state index in [2.05, 4.69) is 16.4 Å². The number of aromatic nitrogens is 1. The number of pyridine rings is 1. The Morgan fingerprint density at radius 2 is 1.86 bits per heavy atom. The Morgan fingerprint density at radius 1 is 1.07 bits per heavy atom. The number of rotatable bonds is 4. The lowest BCUT2D eigenvalue weighted by atomic mass is 10.0. The van der Waals surface area contributed by atoms with Crippen molar-refractivity contribution in [3.05, 3.63) is 94.8 Å². The van der Waals surface area contributed by atoms with Crippen molar-refractivity contribution >= 4 is 17.5 Å². The third kappa shape index (κ3) is 4.04. The average molecular weight is 385 g/mol. The normalized spacial score (nSPS) is 12.9. The van der Waals surface area contributed by atoms with Gasteiger partial charge in [-0.2, -0.15) is 0 Å². The standard InChI is InChI=1S/C24H23N3O2/c1-17-7-2-3-9-20(17)16-26-23(28)21-15-19(12-13-25-21)24(29)27-14-6-10-18-8-4-5-11-22(18)27/h2-5,7-9,11-13,15H,6,10,14,16H2,1H3,(H,26,28). The molecule has 146 valence electrons. The summed E-state index contributed by atoms with van der Waals surface area (Å²) < 4.78 is 0. The van der Waals surface area contributed by atoms with Gasteiger partial charge in [0.25, 0.3) is 11.8 Å². The summed E-state index contributed by atoms with van der Waals surface area (Å²) in [5, 5.41) is 2.89. The first-order chi connectivity index (χ1) is 14.1. The van der Waals surface area contributed by atoms with Crippen molar-refractivity contribution in [2.24, 2.45) is 0 Å². The minimum absolute atomic E-state index is 0.104. The molecule has 0 aliphatic carbocycles. The number of aryl methyl sites for hydroxylation is 2. The molecular formula is C24H23N3O2. The van der Waals surface area contributed by atoms with Crippen LogP contribution in [0.5, 0.6) is 0 Å². The molecule has 0 atom stereocenters. The lowest BCUT2D eigenvalue weighted by Gasteiger charge is -2.29. The molecule has 5 nitrogen and oxygen atoms in total. The third-order valence-corrected chi connectivity index (χ3v) is 5.30. The molecule has 2 amide bonds. The molecule has 3 aromatic rings. The fourth-order valence-electron chi connectivity index (χ4n) is 3.66. The predicted octanol–water partition coefficient (Wildman–Crippen LogP) is 3.91. The number of carbonyl (C=O) groups excluding carboxylic acids is 2. The highest BCUT2D eigenvalue weighted by molar-refractivity contribution is 6.07. The van der Waals surface area contributed by atoms with Gasteiger partial charge in [0.15, 0.2) is 0 Å². The Labute approximate surface area is 170 Å². The van der Waals surface area contributed by atoms with Gasteiger partial charge in [-0.25, -0.2) is 0 Å². The van der Waals surface area contributed by atoms with Crippen LogP contribution in [-0.4, -0.2) is 23.3 Å². The molecule has 1 aromatic heterocycles. The molecule has 2 aromatic carbocycles. The summed E-state index contributed by atoms with van der Waals surface area (Å²) in [4.78, 5) is 31.7. The fraction of sp³-hybridized carbons (Fsp3) is 0.208. The number of hydrogen-bond donors (Lipinski definition) is 1. The minimum Gasteiger partial charge on any atom is -0.347 e. The highest BCUT2D eigenvalue weighted by atomic mass is 16.2. The molecule has 5 heteroatoms. The van der Waals surface area contributed by atoms with Crippen molar-refractivity contribution in [3.8, 4) is 0 Å². The van der Waals surface area contributed by atoms with E-state index in [1.54, 1.807) is 17.0 Å². The fourth-order valence-corrected chi connectivity index (χ4v) is 3.66. The van der Waals surface area contributed by atoms with E-state index >= 15 is 0 Å². The van der Waals surface area contributed by atoms with Gasteiger partial charge in [0.2, 0.25) is 0 Å². The van der Waals surface area contributed by atoms with E-state index in [0.29, 0.717) is 18.7 Å². The highest BCUT2D eigenvalue weighted by Gasteiger charge is 2.24. The van der Waals surface area contributed by atoms with Crippen LogP contribution in [0.2, 0.25) is 0 Å². The molecular weight excluding hydrogens is 362 g/mol. The molecule has 1 aliphatic rings. The van der Waals surface area contributed by atoms with Crippen molar-refractivity contribution in [2.75, 3.05) is 11.4 Å². The zero-order chi connectivity index (χ0) is 20.2. The third-order valence-electron chi connectivity index (χ3n) is 5.30. The molecule has 0 bridgehead atoms. The zero-order valence-electron chi connectivity index (χ0n) is 16.4. The molecule has 29 heavy (non-hydrogen) atoms. The van der Waals surface area contributed by atoms with Gasteiger partial charge in [-0.1, -0.05) is 42.5 Å². The van der Waals surface area contributed by atoms with Crippen molar-refractivity contribution in [1.82, 2.24) is 10.3 Å². The maximum atomic E-state index is 13.1. The first-order valence-corrected chi connectivity index (χ1v) is 9.82. The number of fused-ring (bicyclic) bond motifs is 1. The van der Waals surface area contributed by atoms with Crippen LogP contribution in [0, 0.1) is 6.92 Å². The van der Waals surface area contributed by atoms with Crippen LogP contribution >= 0.6 is 0 Å². The van der Waals surface area contributed by atoms with Gasteiger partial charge in [0.1, 0.15) is 5.69 Å². The molecule has 0 unspecified atom stereocenters. The molecule has 0 saturated heterocycles. The second kappa shape index (κ2) is 8.27. The summed E-state index contributed by atoms with van der Waals surface area (Å²) in [6, 6.07) is 19.1. The monoisotopic (exact) mass is 385 g/mol. The summed E-state index contributed by atoms with van der Waals surface area (Å²) in [5.41, 5.74) is 5.02. The van der Waals surface area contributed by atoms with Gasteiger partial charge >= 0.3 is 0 Å². The van der Waals surface area contributed by atoms with Crippen molar-refractivity contribution in [3.63, 3.8) is 0 Å². The van der Waals surface area contributed by atoms with Gasteiger partial charge < -0.3 is 10.2 Å². The Balaban J connectivity index is 1.51. The Bertz CT molecular complexity index is 1060. The Hall–Kier alpha value is -3.47. The Kier molecular flexibility index (Phi) is 5.38. The molecule has 1 N–H and O–H groups in total. The summed E-state index contributed by atoms with van der Waals surface area (Å²) in [5.74, 6) is -0.394. The lowest BCUT2D eigenvalue weighted by Crippen LogP contribution is -2.35. The van der Waals surface area contributed by atoms with Gasteiger partial charge in [0, 0.05) is 30.5 Å². The summed E-state index contributed by atoms with van der Waals surface area (Å²) in [6.45, 7) is 3.10. The molecule has 0 spiro atoms. The zero-order valence-corrected chi connectivity index (χ0v) is 16.4. The van der Waals surface area contributed by atoms with E-state index < -0.39 is 0 Å². The number of nitrogens with zero attached hydrogens (tertiary/aromatic N) is 2. The van der Waals surface area contributed by atoms with Crippen molar-refractivity contribution in [2.45, 2.75) is 26.3 Å². The van der Waals surface area contributed by atoms with Crippen LogP contribution in [0.15, 0.2) is 66.9 Å². The number of para-hydroxylation sites is 1. The SMILES string of the molecule is Cc1ccccc1CNC(=O)c1cc(C(=O)N2CCCc3ccccc32)ccn1. The largest absolute Gasteiger partial charge is 0.347 e. The number of hydrogen-bond acceptors (Lipinski definition) is 3. The topological polar surface area (TPSA) is 62.3 Å². The minimum atomic E-state index is -0.290. The quantitative estimate of drug-likeness (QED) is 0.741. The smallest absolute Gasteiger partial charge is 0.270 e. The van der Waals surface area contributed by atoms with Gasteiger partial charge in [-0.05, 0) is 54.7 Å². The first-order valence-electron chi connectivity index (χ1n) is 9.82. The summed E-state index contributed by atoms with van der Waals surface area (Å²) in [7, 11) is 0. The van der Waals surface area contributed by atoms with Crippen molar-refractivity contribution in [1.29, 1.82) is 0 Å². The van der Waals surface area contributed by atoms with E-state index in [0.717, 1.165) is 29.7 Å². The van der Waals surface area contributed by atoms with Crippen LogP contribution in [0.3, 0.4) is 0 Å². The van der Waals surface area contributed by atoms with E-state index in [9.17, 15) is 9.59 Å². The number of nitrogens with one attached hydrogen (secondary N) is 1. The lowest BCUT2D eigenvalue weighted by molar-refractivity contribution is 0.0946. The van der Waals surface area contributed by atoms with E-state index in [-0.39, 0.29) is 17.5 Å². The van der Waals surface area contributed by atoms with Gasteiger partial charge in [0.05, 0.1) is 0 Å². The second-order valence-corrected chi connectivity index (χ2v) is 7.23. The predicted molar refractivity (Wildman–Crippen MR) is 113 cm³/mol. The second-order valence-electron chi connectivity index (χ2n) is 7.23. The van der Waals surface area contributed by atoms with E-state index in [1.165, 1.54) is 11.8 Å². The maximum Gasteiger partial charge on any atom is 0.270 e. The average Bonchev–Trinajstić information content (AvgIpc) is 2.77. The van der Waals surface area contributed by atoms with E-state index in [4.69, 9.17) is 0 Å². The molecule has 0 fully saturated rings. The first kappa shape index (κ1) is 18.9. The highest BCUT2D eigenvalue weighted by Crippen LogP contribution is 2.28.